The van der Waals surface area contributed by atoms with Crippen molar-refractivity contribution in [1.29, 1.82) is 0 Å². The Morgan fingerprint density at radius 2 is 1.47 bits per heavy atom. The minimum Gasteiger partial charge on any atom is -0.0949 e. The molecule has 0 fully saturated rings. The predicted octanol–water partition coefficient (Wildman–Crippen LogP) is 6.40. The van der Waals surface area contributed by atoms with Crippen LogP contribution in [0.2, 0.25) is 0 Å². The molecule has 0 heterocycles. The van der Waals surface area contributed by atoms with E-state index in [1.54, 1.807) is 11.1 Å². The lowest BCUT2D eigenvalue weighted by atomic mass is 9.90. The molecule has 0 aromatic heterocycles. The van der Waals surface area contributed by atoms with Crippen LogP contribution in [-0.2, 0) is 0 Å². The summed E-state index contributed by atoms with van der Waals surface area (Å²) >= 11 is 0. The molecule has 0 heteroatoms. The fourth-order valence-electron chi connectivity index (χ4n) is 2.63. The lowest BCUT2D eigenvalue weighted by Crippen LogP contribution is -1.95. The van der Waals surface area contributed by atoms with Gasteiger partial charge in [-0.15, -0.1) is 0 Å². The standard InChI is InChI=1S/C19H28/c1-5-11-17(7-3)19(12-6-2)15-16(4)18-13-9-8-10-14-18/h8-10,13-14H,4-7,11-12,15H2,1-3H3/b19-17+. The first-order chi connectivity index (χ1) is 9.22. The Morgan fingerprint density at radius 3 is 2.00 bits per heavy atom. The Bertz CT molecular complexity index is 409. The second kappa shape index (κ2) is 8.74. The molecule has 0 spiro atoms. The molecule has 1 aromatic rings. The summed E-state index contributed by atoms with van der Waals surface area (Å²) in [4.78, 5) is 0. The molecule has 0 N–H and O–H groups in total. The third kappa shape index (κ3) is 5.06. The van der Waals surface area contributed by atoms with Gasteiger partial charge < -0.3 is 0 Å². The topological polar surface area (TPSA) is 0 Å². The van der Waals surface area contributed by atoms with Crippen molar-refractivity contribution in [2.75, 3.05) is 0 Å². The highest BCUT2D eigenvalue weighted by molar-refractivity contribution is 5.65. The summed E-state index contributed by atoms with van der Waals surface area (Å²) in [6, 6.07) is 10.6. The molecule has 0 amide bonds. The molecule has 0 aliphatic heterocycles. The van der Waals surface area contributed by atoms with Gasteiger partial charge in [0.15, 0.2) is 0 Å². The van der Waals surface area contributed by atoms with Crippen LogP contribution in [0.25, 0.3) is 5.57 Å². The van der Waals surface area contributed by atoms with Gasteiger partial charge in [-0.1, -0.05) is 81.7 Å². The summed E-state index contributed by atoms with van der Waals surface area (Å²) in [6.07, 6.45) is 7.16. The van der Waals surface area contributed by atoms with Gasteiger partial charge in [0.05, 0.1) is 0 Å². The van der Waals surface area contributed by atoms with Crippen LogP contribution in [0.5, 0.6) is 0 Å². The van der Waals surface area contributed by atoms with Gasteiger partial charge in [0.2, 0.25) is 0 Å². The molecule has 0 atom stereocenters. The molecule has 104 valence electrons. The molecule has 0 unspecified atom stereocenters. The van der Waals surface area contributed by atoms with Crippen LogP contribution in [0.15, 0.2) is 48.1 Å². The maximum atomic E-state index is 4.29. The molecule has 1 aromatic carbocycles. The first-order valence-corrected chi connectivity index (χ1v) is 7.65. The minimum atomic E-state index is 1.04. The van der Waals surface area contributed by atoms with Crippen LogP contribution in [0.1, 0.15) is 64.9 Å². The molecule has 0 saturated heterocycles. The van der Waals surface area contributed by atoms with Crippen molar-refractivity contribution < 1.29 is 0 Å². The van der Waals surface area contributed by atoms with Gasteiger partial charge in [-0.2, -0.15) is 0 Å². The summed E-state index contributed by atoms with van der Waals surface area (Å²) in [5, 5.41) is 0. The SMILES string of the molecule is C=C(C/C(CCC)=C(\CC)CCC)c1ccccc1. The van der Waals surface area contributed by atoms with Crippen molar-refractivity contribution in [1.82, 2.24) is 0 Å². The van der Waals surface area contributed by atoms with Crippen LogP contribution in [0, 0.1) is 0 Å². The van der Waals surface area contributed by atoms with Crippen molar-refractivity contribution in [3.8, 4) is 0 Å². The van der Waals surface area contributed by atoms with Crippen LogP contribution < -0.4 is 0 Å². The van der Waals surface area contributed by atoms with E-state index < -0.39 is 0 Å². The Balaban J connectivity index is 2.86. The van der Waals surface area contributed by atoms with Crippen molar-refractivity contribution >= 4 is 5.57 Å². The van der Waals surface area contributed by atoms with Gasteiger partial charge in [-0.25, -0.2) is 0 Å². The zero-order valence-electron chi connectivity index (χ0n) is 12.8. The van der Waals surface area contributed by atoms with E-state index in [1.807, 2.05) is 0 Å². The molecular weight excluding hydrogens is 228 g/mol. The Morgan fingerprint density at radius 1 is 0.895 bits per heavy atom. The third-order valence-corrected chi connectivity index (χ3v) is 3.64. The van der Waals surface area contributed by atoms with Crippen molar-refractivity contribution in [3.63, 3.8) is 0 Å². The van der Waals surface area contributed by atoms with Gasteiger partial charge in [0.25, 0.3) is 0 Å². The van der Waals surface area contributed by atoms with Crippen LogP contribution in [0.3, 0.4) is 0 Å². The monoisotopic (exact) mass is 256 g/mol. The number of hydrogen-bond acceptors (Lipinski definition) is 0. The number of rotatable bonds is 8. The molecule has 0 bridgehead atoms. The van der Waals surface area contributed by atoms with Gasteiger partial charge in [0.1, 0.15) is 0 Å². The van der Waals surface area contributed by atoms with E-state index in [2.05, 4.69) is 57.7 Å². The summed E-state index contributed by atoms with van der Waals surface area (Å²) in [5.41, 5.74) is 5.82. The molecule has 0 nitrogen and oxygen atoms in total. The minimum absolute atomic E-state index is 1.04. The highest BCUT2D eigenvalue weighted by Crippen LogP contribution is 2.28. The fourth-order valence-corrected chi connectivity index (χ4v) is 2.63. The van der Waals surface area contributed by atoms with E-state index in [4.69, 9.17) is 0 Å². The maximum Gasteiger partial charge on any atom is -0.00644 e. The lowest BCUT2D eigenvalue weighted by molar-refractivity contribution is 0.790. The number of hydrogen-bond donors (Lipinski definition) is 0. The van der Waals surface area contributed by atoms with E-state index in [0.717, 1.165) is 6.42 Å². The largest absolute Gasteiger partial charge is 0.0949 e. The second-order valence-electron chi connectivity index (χ2n) is 5.21. The van der Waals surface area contributed by atoms with Crippen molar-refractivity contribution in [2.24, 2.45) is 0 Å². The lowest BCUT2D eigenvalue weighted by Gasteiger charge is -2.15. The Labute approximate surface area is 119 Å². The normalized spacial score (nSPS) is 12.2. The molecule has 0 aliphatic rings. The average Bonchev–Trinajstić information content (AvgIpc) is 2.45. The fraction of sp³-hybridized carbons (Fsp3) is 0.474. The molecule has 19 heavy (non-hydrogen) atoms. The van der Waals surface area contributed by atoms with Gasteiger partial charge in [-0.05, 0) is 36.8 Å². The van der Waals surface area contributed by atoms with E-state index in [0.29, 0.717) is 0 Å². The summed E-state index contributed by atoms with van der Waals surface area (Å²) < 4.78 is 0. The van der Waals surface area contributed by atoms with E-state index in [-0.39, 0.29) is 0 Å². The van der Waals surface area contributed by atoms with Gasteiger partial charge in [0, 0.05) is 0 Å². The maximum absolute atomic E-state index is 4.29. The van der Waals surface area contributed by atoms with Crippen LogP contribution in [0.4, 0.5) is 0 Å². The molecule has 0 aliphatic carbocycles. The van der Waals surface area contributed by atoms with Gasteiger partial charge >= 0.3 is 0 Å². The number of benzene rings is 1. The third-order valence-electron chi connectivity index (χ3n) is 3.64. The zero-order chi connectivity index (χ0) is 14.1. The first kappa shape index (κ1) is 15.8. The average molecular weight is 256 g/mol. The van der Waals surface area contributed by atoms with Crippen molar-refractivity contribution in [2.45, 2.75) is 59.3 Å². The van der Waals surface area contributed by atoms with Crippen LogP contribution >= 0.6 is 0 Å². The molecule has 1 rings (SSSR count). The summed E-state index contributed by atoms with van der Waals surface area (Å²) in [7, 11) is 0. The summed E-state index contributed by atoms with van der Waals surface area (Å²) in [6.45, 7) is 11.1. The first-order valence-electron chi connectivity index (χ1n) is 7.65. The second-order valence-corrected chi connectivity index (χ2v) is 5.21. The van der Waals surface area contributed by atoms with E-state index >= 15 is 0 Å². The van der Waals surface area contributed by atoms with Crippen molar-refractivity contribution in [3.05, 3.63) is 53.6 Å². The molecule has 0 saturated carbocycles. The highest BCUT2D eigenvalue weighted by atomic mass is 14.1. The highest BCUT2D eigenvalue weighted by Gasteiger charge is 2.07. The van der Waals surface area contributed by atoms with E-state index in [1.165, 1.54) is 43.2 Å². The van der Waals surface area contributed by atoms with Crippen LogP contribution in [-0.4, -0.2) is 0 Å². The summed E-state index contributed by atoms with van der Waals surface area (Å²) in [5.74, 6) is 0. The quantitative estimate of drug-likeness (QED) is 0.472. The number of allylic oxidation sites excluding steroid dienone is 3. The Hall–Kier alpha value is -1.30. The zero-order valence-corrected chi connectivity index (χ0v) is 12.8. The molecule has 0 radical (unpaired) electrons. The predicted molar refractivity (Wildman–Crippen MR) is 87.2 cm³/mol. The molecular formula is C19H28. The van der Waals surface area contributed by atoms with E-state index in [9.17, 15) is 0 Å². The van der Waals surface area contributed by atoms with Gasteiger partial charge in [-0.3, -0.25) is 0 Å². The Kier molecular flexibility index (Phi) is 7.25. The smallest absolute Gasteiger partial charge is 0.00644 e.